The third-order valence-corrected chi connectivity index (χ3v) is 5.13. The number of amides is 1. The molecule has 0 fully saturated rings. The first-order chi connectivity index (χ1) is 12.9. The summed E-state index contributed by atoms with van der Waals surface area (Å²) < 4.78 is 1.58. The van der Waals surface area contributed by atoms with Gasteiger partial charge in [-0.3, -0.25) is 14.3 Å². The first kappa shape index (κ1) is 19.2. The smallest absolute Gasteiger partial charge is 0.241 e. The SMILES string of the molecule is CC(=O)c1c(C)nn(CC(=O)NCCc2nc(C)c3c(n2)CCCC3)c1C. The van der Waals surface area contributed by atoms with Gasteiger partial charge < -0.3 is 5.32 Å². The Hall–Kier alpha value is -2.57. The van der Waals surface area contributed by atoms with Crippen molar-refractivity contribution in [3.63, 3.8) is 0 Å². The molecule has 1 aliphatic carbocycles. The number of Topliss-reactive ketones (excluding diaryl/α,β-unsaturated/α-hetero) is 1. The Morgan fingerprint density at radius 1 is 1.07 bits per heavy atom. The van der Waals surface area contributed by atoms with E-state index in [1.807, 2.05) is 13.8 Å². The number of fused-ring (bicyclic) bond motifs is 1. The molecule has 1 N–H and O–H groups in total. The molecule has 1 amide bonds. The number of ketones is 1. The average molecular weight is 369 g/mol. The molecule has 2 aromatic rings. The summed E-state index contributed by atoms with van der Waals surface area (Å²) in [7, 11) is 0. The molecule has 2 aromatic heterocycles. The van der Waals surface area contributed by atoms with E-state index in [1.54, 1.807) is 11.6 Å². The van der Waals surface area contributed by atoms with E-state index >= 15 is 0 Å². The van der Waals surface area contributed by atoms with Crippen LogP contribution >= 0.6 is 0 Å². The Morgan fingerprint density at radius 3 is 2.52 bits per heavy atom. The molecular formula is C20H27N5O2. The zero-order valence-corrected chi connectivity index (χ0v) is 16.6. The maximum absolute atomic E-state index is 12.2. The summed E-state index contributed by atoms with van der Waals surface area (Å²) in [6, 6.07) is 0. The molecule has 0 spiro atoms. The van der Waals surface area contributed by atoms with Gasteiger partial charge in [-0.15, -0.1) is 0 Å². The van der Waals surface area contributed by atoms with Crippen LogP contribution in [0.3, 0.4) is 0 Å². The second-order valence-corrected chi connectivity index (χ2v) is 7.22. The van der Waals surface area contributed by atoms with Crippen molar-refractivity contribution in [1.29, 1.82) is 0 Å². The van der Waals surface area contributed by atoms with Crippen LogP contribution < -0.4 is 5.32 Å². The average Bonchev–Trinajstić information content (AvgIpc) is 2.88. The summed E-state index contributed by atoms with van der Waals surface area (Å²) in [5.74, 6) is 0.625. The number of hydrogen-bond donors (Lipinski definition) is 1. The van der Waals surface area contributed by atoms with Gasteiger partial charge in [-0.05, 0) is 58.9 Å². The minimum atomic E-state index is -0.134. The van der Waals surface area contributed by atoms with Gasteiger partial charge in [-0.1, -0.05) is 0 Å². The van der Waals surface area contributed by atoms with Crippen molar-refractivity contribution < 1.29 is 9.59 Å². The van der Waals surface area contributed by atoms with Gasteiger partial charge in [-0.25, -0.2) is 9.97 Å². The van der Waals surface area contributed by atoms with Crippen LogP contribution in [0.2, 0.25) is 0 Å². The molecule has 0 unspecified atom stereocenters. The molecule has 0 saturated heterocycles. The van der Waals surface area contributed by atoms with Crippen LogP contribution in [0.1, 0.15) is 64.3 Å². The third kappa shape index (κ3) is 4.23. The molecule has 1 aliphatic rings. The summed E-state index contributed by atoms with van der Waals surface area (Å²) in [6.45, 7) is 7.74. The van der Waals surface area contributed by atoms with E-state index in [0.29, 0.717) is 24.2 Å². The molecule has 7 nitrogen and oxygen atoms in total. The summed E-state index contributed by atoms with van der Waals surface area (Å²) in [6.07, 6.45) is 5.10. The standard InChI is InChI=1S/C20H27N5O2/c1-12-16-7-5-6-8-17(16)23-18(22-12)9-10-21-19(27)11-25-14(3)20(15(4)26)13(2)24-25/h5-11H2,1-4H3,(H,21,27). The van der Waals surface area contributed by atoms with E-state index in [-0.39, 0.29) is 18.2 Å². The highest BCUT2D eigenvalue weighted by molar-refractivity contribution is 5.96. The van der Waals surface area contributed by atoms with E-state index in [9.17, 15) is 9.59 Å². The van der Waals surface area contributed by atoms with Crippen molar-refractivity contribution in [2.24, 2.45) is 0 Å². The van der Waals surface area contributed by atoms with Crippen LogP contribution in [0, 0.1) is 20.8 Å². The highest BCUT2D eigenvalue weighted by Crippen LogP contribution is 2.21. The second kappa shape index (κ2) is 7.98. The monoisotopic (exact) mass is 369 g/mol. The van der Waals surface area contributed by atoms with E-state index in [0.717, 1.165) is 30.1 Å². The van der Waals surface area contributed by atoms with Gasteiger partial charge in [0.15, 0.2) is 5.78 Å². The van der Waals surface area contributed by atoms with Crippen molar-refractivity contribution in [2.45, 2.75) is 66.3 Å². The summed E-state index contributed by atoms with van der Waals surface area (Å²) in [5, 5.41) is 7.21. The minimum Gasteiger partial charge on any atom is -0.354 e. The normalized spacial score (nSPS) is 13.3. The predicted octanol–water partition coefficient (Wildman–Crippen LogP) is 2.04. The zero-order chi connectivity index (χ0) is 19.6. The Bertz CT molecular complexity index is 885. The lowest BCUT2D eigenvalue weighted by atomic mass is 9.95. The predicted molar refractivity (Wildman–Crippen MR) is 102 cm³/mol. The van der Waals surface area contributed by atoms with Crippen LogP contribution in [0.25, 0.3) is 0 Å². The van der Waals surface area contributed by atoms with Crippen LogP contribution in [0.4, 0.5) is 0 Å². The van der Waals surface area contributed by atoms with E-state index in [1.165, 1.54) is 31.0 Å². The number of nitrogens with zero attached hydrogens (tertiary/aromatic N) is 4. The molecule has 0 aromatic carbocycles. The molecule has 3 rings (SSSR count). The van der Waals surface area contributed by atoms with Gasteiger partial charge in [0.25, 0.3) is 0 Å². The number of nitrogens with one attached hydrogen (secondary N) is 1. The van der Waals surface area contributed by atoms with E-state index in [4.69, 9.17) is 0 Å². The summed E-state index contributed by atoms with van der Waals surface area (Å²) >= 11 is 0. The van der Waals surface area contributed by atoms with Crippen molar-refractivity contribution in [3.05, 3.63) is 39.7 Å². The molecule has 0 bridgehead atoms. The first-order valence-corrected chi connectivity index (χ1v) is 9.53. The molecule has 2 heterocycles. The molecule has 0 aliphatic heterocycles. The number of aryl methyl sites for hydroxylation is 3. The number of aromatic nitrogens is 4. The van der Waals surface area contributed by atoms with Gasteiger partial charge in [-0.2, -0.15) is 5.10 Å². The molecule has 7 heteroatoms. The van der Waals surface area contributed by atoms with Crippen LogP contribution in [0.15, 0.2) is 0 Å². The van der Waals surface area contributed by atoms with Crippen molar-refractivity contribution in [3.8, 4) is 0 Å². The van der Waals surface area contributed by atoms with Crippen LogP contribution in [-0.2, 0) is 30.6 Å². The maximum Gasteiger partial charge on any atom is 0.241 e. The first-order valence-electron chi connectivity index (χ1n) is 9.53. The quantitative estimate of drug-likeness (QED) is 0.787. The molecular weight excluding hydrogens is 342 g/mol. The number of hydrogen-bond acceptors (Lipinski definition) is 5. The Kier molecular flexibility index (Phi) is 5.68. The van der Waals surface area contributed by atoms with Gasteiger partial charge in [0.2, 0.25) is 5.91 Å². The van der Waals surface area contributed by atoms with Gasteiger partial charge >= 0.3 is 0 Å². The topological polar surface area (TPSA) is 89.8 Å². The third-order valence-electron chi connectivity index (χ3n) is 5.13. The summed E-state index contributed by atoms with van der Waals surface area (Å²) in [5.41, 5.74) is 5.53. The molecule has 0 radical (unpaired) electrons. The van der Waals surface area contributed by atoms with E-state index < -0.39 is 0 Å². The van der Waals surface area contributed by atoms with Crippen LogP contribution in [-0.4, -0.2) is 38.0 Å². The Balaban J connectivity index is 1.57. The highest BCUT2D eigenvalue weighted by atomic mass is 16.2. The van der Waals surface area contributed by atoms with E-state index in [2.05, 4.69) is 20.4 Å². The maximum atomic E-state index is 12.2. The lowest BCUT2D eigenvalue weighted by Crippen LogP contribution is -2.30. The number of rotatable bonds is 6. The highest BCUT2D eigenvalue weighted by Gasteiger charge is 2.17. The lowest BCUT2D eigenvalue weighted by Gasteiger charge is -2.17. The van der Waals surface area contributed by atoms with Crippen LogP contribution in [0.5, 0.6) is 0 Å². The zero-order valence-electron chi connectivity index (χ0n) is 16.6. The number of carbonyl (C=O) groups excluding carboxylic acids is 2. The molecule has 27 heavy (non-hydrogen) atoms. The number of carbonyl (C=O) groups is 2. The fourth-order valence-corrected chi connectivity index (χ4v) is 3.82. The van der Waals surface area contributed by atoms with Crippen molar-refractivity contribution >= 4 is 11.7 Å². The molecule has 0 saturated carbocycles. The summed E-state index contributed by atoms with van der Waals surface area (Å²) in [4.78, 5) is 33.2. The molecule has 144 valence electrons. The van der Waals surface area contributed by atoms with Crippen molar-refractivity contribution in [1.82, 2.24) is 25.1 Å². The Morgan fingerprint density at radius 2 is 1.81 bits per heavy atom. The second-order valence-electron chi connectivity index (χ2n) is 7.22. The Labute approximate surface area is 159 Å². The fourth-order valence-electron chi connectivity index (χ4n) is 3.82. The largest absolute Gasteiger partial charge is 0.354 e. The molecule has 0 atom stereocenters. The van der Waals surface area contributed by atoms with Gasteiger partial charge in [0.05, 0.1) is 11.3 Å². The lowest BCUT2D eigenvalue weighted by molar-refractivity contribution is -0.121. The fraction of sp³-hybridized carbons (Fsp3) is 0.550. The minimum absolute atomic E-state index is 0.0309. The van der Waals surface area contributed by atoms with Gasteiger partial charge in [0.1, 0.15) is 12.4 Å². The van der Waals surface area contributed by atoms with Gasteiger partial charge in [0, 0.05) is 30.0 Å². The van der Waals surface area contributed by atoms with Crippen molar-refractivity contribution in [2.75, 3.05) is 6.54 Å².